The van der Waals surface area contributed by atoms with E-state index in [1.54, 1.807) is 30.3 Å². The third kappa shape index (κ3) is 4.86. The van der Waals surface area contributed by atoms with Gasteiger partial charge in [0.2, 0.25) is 0 Å². The second-order valence-electron chi connectivity index (χ2n) is 13.1. The fourth-order valence-corrected chi connectivity index (χ4v) is 7.52. The van der Waals surface area contributed by atoms with Crippen LogP contribution in [0.2, 0.25) is 0 Å². The van der Waals surface area contributed by atoms with Gasteiger partial charge >= 0.3 is 0 Å². The van der Waals surface area contributed by atoms with Gasteiger partial charge in [0.1, 0.15) is 11.2 Å². The van der Waals surface area contributed by atoms with Gasteiger partial charge in [-0.15, -0.1) is 0 Å². The van der Waals surface area contributed by atoms with Crippen LogP contribution in [0, 0.1) is 0 Å². The summed E-state index contributed by atoms with van der Waals surface area (Å²) in [5.41, 5.74) is -3.12. The van der Waals surface area contributed by atoms with Crippen molar-refractivity contribution in [1.29, 1.82) is 0 Å². The summed E-state index contributed by atoms with van der Waals surface area (Å²) in [4.78, 5) is 0. The zero-order valence-corrected chi connectivity index (χ0v) is 29.2. The second-order valence-corrected chi connectivity index (χ2v) is 13.1. The highest BCUT2D eigenvalue weighted by Gasteiger charge is 2.20. The minimum atomic E-state index is -0.779. The highest BCUT2D eigenvalue weighted by Crippen LogP contribution is 2.42. The largest absolute Gasteiger partial charge is 0.456 e. The van der Waals surface area contributed by atoms with Crippen LogP contribution in [0.1, 0.15) is 31.5 Å². The molecule has 12 rings (SSSR count). The van der Waals surface area contributed by atoms with Gasteiger partial charge < -0.3 is 13.6 Å². The summed E-state index contributed by atoms with van der Waals surface area (Å²) in [6, 6.07) is 2.26. The number of rotatable bonds is 5. The Morgan fingerprint density at radius 2 is 1.12 bits per heavy atom. The Kier molecular flexibility index (Phi) is 3.63. The molecule has 0 N–H and O–H groups in total. The van der Waals surface area contributed by atoms with Crippen molar-refractivity contribution in [2.24, 2.45) is 0 Å². The molecule has 0 aliphatic heterocycles. The zero-order valence-electron chi connectivity index (χ0n) is 52.2. The number of hydrogen-bond donors (Lipinski definition) is 0. The molecule has 0 bridgehead atoms. The molecule has 0 aliphatic carbocycles. The van der Waals surface area contributed by atoms with E-state index in [-0.39, 0.29) is 99.8 Å². The molecule has 0 atom stereocenters. The monoisotopic (exact) mass is 749 g/mol. The van der Waals surface area contributed by atoms with Gasteiger partial charge in [0.05, 0.1) is 53.6 Å². The second kappa shape index (κ2) is 12.5. The van der Waals surface area contributed by atoms with Crippen LogP contribution in [-0.4, -0.2) is 9.13 Å². The summed E-state index contributed by atoms with van der Waals surface area (Å²) in [5.74, 6) is 0. The highest BCUT2D eigenvalue weighted by atomic mass is 16.3. The maximum absolute atomic E-state index is 10.1. The van der Waals surface area contributed by atoms with E-state index in [9.17, 15) is 13.7 Å². The number of fused-ring (bicyclic) bond motifs is 9. The van der Waals surface area contributed by atoms with E-state index in [1.165, 1.54) is 34.9 Å². The molecule has 0 saturated carbocycles. The van der Waals surface area contributed by atoms with Gasteiger partial charge in [-0.3, -0.25) is 0 Å². The molecule has 0 aliphatic rings. The van der Waals surface area contributed by atoms with Gasteiger partial charge in [-0.05, 0) is 88.3 Å². The van der Waals surface area contributed by atoms with Crippen molar-refractivity contribution in [3.8, 4) is 44.8 Å². The molecule has 3 aromatic heterocycles. The summed E-state index contributed by atoms with van der Waals surface area (Å²) in [6.07, 6.45) is 0. The molecule has 0 saturated heterocycles. The zero-order chi connectivity index (χ0) is 57.5. The van der Waals surface area contributed by atoms with Gasteiger partial charge in [0, 0.05) is 55.3 Å². The minimum absolute atomic E-state index is 0.0508. The summed E-state index contributed by atoms with van der Waals surface area (Å²) in [6.45, 7) is 0. The van der Waals surface area contributed by atoms with E-state index in [1.807, 2.05) is 0 Å². The number of benzene rings is 9. The summed E-state index contributed by atoms with van der Waals surface area (Å²) in [7, 11) is 0. The van der Waals surface area contributed by atoms with Gasteiger partial charge in [-0.1, -0.05) is 139 Å². The number of nitrogens with zero attached hydrogens (tertiary/aromatic N) is 2. The molecule has 9 aromatic carbocycles. The van der Waals surface area contributed by atoms with Gasteiger partial charge in [0.25, 0.3) is 0 Å². The average Bonchev–Trinajstić information content (AvgIpc) is 4.33. The lowest BCUT2D eigenvalue weighted by Gasteiger charge is -2.12. The van der Waals surface area contributed by atoms with E-state index < -0.39 is 144 Å². The summed E-state index contributed by atoms with van der Waals surface area (Å²) < 4.78 is 218. The van der Waals surface area contributed by atoms with Gasteiger partial charge in [-0.2, -0.15) is 0 Å². The van der Waals surface area contributed by atoms with Crippen LogP contribution in [0.4, 0.5) is 0 Å². The van der Waals surface area contributed by atoms with Crippen LogP contribution in [0.5, 0.6) is 0 Å². The molecule has 0 radical (unpaired) electrons. The molecule has 0 spiro atoms. The molecule has 0 amide bonds. The van der Waals surface area contributed by atoms with E-state index in [2.05, 4.69) is 0 Å². The minimum Gasteiger partial charge on any atom is -0.456 e. The molecule has 57 heavy (non-hydrogen) atoms. The molecule has 0 unspecified atom stereocenters. The number of para-hydroxylation sites is 4. The third-order valence-corrected chi connectivity index (χ3v) is 9.94. The van der Waals surface area contributed by atoms with Crippen LogP contribution in [0.15, 0.2) is 210 Å². The molecule has 3 nitrogen and oxygen atoms in total. The quantitative estimate of drug-likeness (QED) is 0.172. The lowest BCUT2D eigenvalue weighted by atomic mass is 9.96. The maximum atomic E-state index is 10.1. The first-order valence-corrected chi connectivity index (χ1v) is 17.6. The molecule has 3 heterocycles. The highest BCUT2D eigenvalue weighted by molar-refractivity contribution is 6.16. The molecule has 12 aromatic rings. The smallest absolute Gasteiger partial charge is 0.137 e. The lowest BCUT2D eigenvalue weighted by molar-refractivity contribution is 0.668. The van der Waals surface area contributed by atoms with Crippen molar-refractivity contribution in [2.75, 3.05) is 0 Å². The summed E-state index contributed by atoms with van der Waals surface area (Å²) in [5, 5.41) is -1.46. The standard InChI is InChI=1S/C54H34N2O/c1-3-14-35(15-4-1)36-16-11-17-37(32-36)41-22-13-27-51-53(41)46-30-29-40(34-52(46)57-51)55-48-25-9-8-21-44(48)47-33-38(28-31-50(47)55)42-23-12-24-45-43-20-7-10-26-49(43)56(54(42)45)39-18-5-2-6-19-39/h1-34H/i3D,7D,8D,9D,10D,11D,12D,13D,15D,16D,20D,21D,22D,23D,24D,25D,26D,27D,29D,30D,32D,33D,34D. The van der Waals surface area contributed by atoms with Crippen molar-refractivity contribution < 1.29 is 35.9 Å². The van der Waals surface area contributed by atoms with Crippen LogP contribution in [0.25, 0.3) is 110 Å². The number of hydrogen-bond acceptors (Lipinski definition) is 1. The van der Waals surface area contributed by atoms with E-state index in [0.717, 1.165) is 10.6 Å². The maximum Gasteiger partial charge on any atom is 0.137 e. The molecular formula is C54H34N2O. The van der Waals surface area contributed by atoms with Gasteiger partial charge in [-0.25, -0.2) is 0 Å². The lowest BCUT2D eigenvalue weighted by Crippen LogP contribution is -1.95. The third-order valence-electron chi connectivity index (χ3n) is 9.94. The Labute approximate surface area is 361 Å². The number of aromatic nitrogens is 2. The van der Waals surface area contributed by atoms with Crippen LogP contribution in [-0.2, 0) is 0 Å². The van der Waals surface area contributed by atoms with E-state index in [4.69, 9.17) is 22.2 Å². The Morgan fingerprint density at radius 3 is 2.02 bits per heavy atom. The van der Waals surface area contributed by atoms with Crippen molar-refractivity contribution in [2.45, 2.75) is 0 Å². The fourth-order valence-electron chi connectivity index (χ4n) is 7.52. The predicted octanol–water partition coefficient (Wildman–Crippen LogP) is 14.8. The average molecular weight is 750 g/mol. The first-order valence-electron chi connectivity index (χ1n) is 29.1. The fraction of sp³-hybridized carbons (Fsp3) is 0. The number of furan rings is 1. The Morgan fingerprint density at radius 1 is 0.368 bits per heavy atom. The Balaban J connectivity index is 1.21. The SMILES string of the molecule is [2H]c1ccc([2H])c(-c2c([2H])c([2H])cc(-c3c([2H])c([2H])c([2H])c4oc5c([2H])c(-n6c7ccc(-c8c([2H])c([2H])c([2H])c9c%10c([2H])c([2H])c([2H])c([2H])c%10n(-c%10ccccc%10)c89)c([2H])c7c7c([2H])c([2H])c([2H])c([2H])c76)c([2H])c([2H])c5c34)c2[2H])c1. The molecular weight excluding hydrogens is 693 g/mol. The van der Waals surface area contributed by atoms with E-state index >= 15 is 0 Å². The first-order chi connectivity index (χ1) is 37.8. The normalized spacial score (nSPS) is 17.5. The topological polar surface area (TPSA) is 23.0 Å². The molecule has 3 heteroatoms. The van der Waals surface area contributed by atoms with Crippen LogP contribution in [0.3, 0.4) is 0 Å². The first kappa shape index (κ1) is 16.6. The summed E-state index contributed by atoms with van der Waals surface area (Å²) >= 11 is 0. The Hall–Kier alpha value is -7.62. The Bertz CT molecular complexity index is 4870. The van der Waals surface area contributed by atoms with Crippen molar-refractivity contribution in [3.05, 3.63) is 206 Å². The molecule has 0 fully saturated rings. The van der Waals surface area contributed by atoms with Crippen LogP contribution < -0.4 is 0 Å². The predicted molar refractivity (Wildman–Crippen MR) is 239 cm³/mol. The van der Waals surface area contributed by atoms with E-state index in [0.29, 0.717) is 5.69 Å². The van der Waals surface area contributed by atoms with Crippen molar-refractivity contribution in [3.63, 3.8) is 0 Å². The molecule has 266 valence electrons. The van der Waals surface area contributed by atoms with Crippen molar-refractivity contribution >= 4 is 65.6 Å². The van der Waals surface area contributed by atoms with Crippen LogP contribution >= 0.6 is 0 Å². The van der Waals surface area contributed by atoms with Gasteiger partial charge in [0.15, 0.2) is 0 Å². The van der Waals surface area contributed by atoms with Crippen molar-refractivity contribution in [1.82, 2.24) is 9.13 Å².